The molecule has 34 heavy (non-hydrogen) atoms. The molecule has 0 fully saturated rings. The molecule has 0 radical (unpaired) electrons. The van der Waals surface area contributed by atoms with Crippen molar-refractivity contribution < 1.29 is 14.7 Å². The van der Waals surface area contributed by atoms with E-state index < -0.39 is 5.97 Å². The smallest absolute Gasteiger partial charge is 0.336 e. The molecule has 0 bridgehead atoms. The van der Waals surface area contributed by atoms with Crippen molar-refractivity contribution in [1.29, 1.82) is 5.41 Å². The molecule has 1 amide bonds. The number of amides is 1. The van der Waals surface area contributed by atoms with Crippen molar-refractivity contribution in [2.24, 2.45) is 11.7 Å². The SMILES string of the molecule is C/C=C\C=C(\C#Cc1ccc(C(=N)N)cc1)C(C)c1ccc(C(=O)NCC(C)C)cc1C(=O)O. The number of aromatic carboxylic acids is 1. The van der Waals surface area contributed by atoms with Gasteiger partial charge in [0.25, 0.3) is 5.91 Å². The van der Waals surface area contributed by atoms with E-state index in [1.807, 2.05) is 45.9 Å². The summed E-state index contributed by atoms with van der Waals surface area (Å²) in [6, 6.07) is 11.8. The Hall–Kier alpha value is -4.11. The number of carbonyl (C=O) groups is 2. The lowest BCUT2D eigenvalue weighted by Crippen LogP contribution is -2.27. The molecular formula is C28H31N3O3. The lowest BCUT2D eigenvalue weighted by atomic mass is 9.88. The molecule has 2 rings (SSSR count). The Balaban J connectivity index is 2.42. The van der Waals surface area contributed by atoms with Gasteiger partial charge >= 0.3 is 5.97 Å². The standard InChI is InChI=1S/C28H31N3O3/c1-5-6-7-21(11-8-20-9-12-22(13-10-20)26(29)30)19(4)24-15-14-23(16-25(24)28(33)34)27(32)31-17-18(2)3/h5-7,9-10,12-16,18-19H,17H2,1-4H3,(H3,29,30)(H,31,32)(H,33,34)/b6-5-,21-7-. The van der Waals surface area contributed by atoms with Crippen LogP contribution in [-0.2, 0) is 0 Å². The van der Waals surface area contributed by atoms with Crippen LogP contribution in [0.15, 0.2) is 66.3 Å². The minimum Gasteiger partial charge on any atom is -0.478 e. The highest BCUT2D eigenvalue weighted by Gasteiger charge is 2.20. The summed E-state index contributed by atoms with van der Waals surface area (Å²) in [7, 11) is 0. The van der Waals surface area contributed by atoms with E-state index in [9.17, 15) is 14.7 Å². The molecule has 6 nitrogen and oxygen atoms in total. The Labute approximate surface area is 201 Å². The minimum absolute atomic E-state index is 0.00988. The van der Waals surface area contributed by atoms with Gasteiger partial charge in [-0.05, 0) is 42.7 Å². The summed E-state index contributed by atoms with van der Waals surface area (Å²) in [5.41, 5.74) is 8.55. The Morgan fingerprint density at radius 1 is 1.12 bits per heavy atom. The summed E-state index contributed by atoms with van der Waals surface area (Å²) >= 11 is 0. The van der Waals surface area contributed by atoms with Crippen molar-refractivity contribution >= 4 is 17.7 Å². The number of benzene rings is 2. The van der Waals surface area contributed by atoms with E-state index >= 15 is 0 Å². The molecular weight excluding hydrogens is 426 g/mol. The molecule has 0 aliphatic heterocycles. The molecule has 2 aromatic carbocycles. The maximum absolute atomic E-state index is 12.4. The van der Waals surface area contributed by atoms with Crippen LogP contribution < -0.4 is 11.1 Å². The summed E-state index contributed by atoms with van der Waals surface area (Å²) in [4.78, 5) is 24.5. The van der Waals surface area contributed by atoms with E-state index in [1.54, 1.807) is 36.4 Å². The molecule has 0 saturated carbocycles. The summed E-state index contributed by atoms with van der Waals surface area (Å²) in [5.74, 6) is 4.82. The van der Waals surface area contributed by atoms with Crippen LogP contribution in [0.1, 0.15) is 71.0 Å². The van der Waals surface area contributed by atoms with E-state index in [2.05, 4.69) is 17.2 Å². The Bertz CT molecular complexity index is 1180. The van der Waals surface area contributed by atoms with Crippen LogP contribution >= 0.6 is 0 Å². The van der Waals surface area contributed by atoms with Crippen molar-refractivity contribution in [3.63, 3.8) is 0 Å². The molecule has 2 aromatic rings. The number of hydrogen-bond acceptors (Lipinski definition) is 3. The predicted octanol–water partition coefficient (Wildman–Crippen LogP) is 4.71. The van der Waals surface area contributed by atoms with Crippen LogP contribution in [0.4, 0.5) is 0 Å². The van der Waals surface area contributed by atoms with Crippen molar-refractivity contribution in [2.45, 2.75) is 33.6 Å². The topological polar surface area (TPSA) is 116 Å². The highest BCUT2D eigenvalue weighted by Crippen LogP contribution is 2.28. The number of nitrogen functional groups attached to an aromatic ring is 1. The number of rotatable bonds is 8. The van der Waals surface area contributed by atoms with Crippen LogP contribution in [-0.4, -0.2) is 29.4 Å². The van der Waals surface area contributed by atoms with Crippen molar-refractivity contribution in [3.05, 3.63) is 94.1 Å². The van der Waals surface area contributed by atoms with E-state index in [4.69, 9.17) is 11.1 Å². The minimum atomic E-state index is -1.10. The zero-order valence-electron chi connectivity index (χ0n) is 20.0. The zero-order chi connectivity index (χ0) is 25.3. The fraction of sp³-hybridized carbons (Fsp3) is 0.250. The van der Waals surface area contributed by atoms with Crippen molar-refractivity contribution in [3.8, 4) is 11.8 Å². The highest BCUT2D eigenvalue weighted by atomic mass is 16.4. The fourth-order valence-electron chi connectivity index (χ4n) is 3.20. The second kappa shape index (κ2) is 12.2. The molecule has 1 unspecified atom stereocenters. The molecule has 0 heterocycles. The van der Waals surface area contributed by atoms with Crippen molar-refractivity contribution in [1.82, 2.24) is 5.32 Å². The zero-order valence-corrected chi connectivity index (χ0v) is 20.0. The lowest BCUT2D eigenvalue weighted by Gasteiger charge is -2.16. The number of hydrogen-bond donors (Lipinski definition) is 4. The first-order valence-corrected chi connectivity index (χ1v) is 11.1. The monoisotopic (exact) mass is 457 g/mol. The molecule has 0 spiro atoms. The van der Waals surface area contributed by atoms with Gasteiger partial charge in [-0.25, -0.2) is 4.79 Å². The van der Waals surface area contributed by atoms with E-state index in [-0.39, 0.29) is 23.2 Å². The lowest BCUT2D eigenvalue weighted by molar-refractivity contribution is 0.0695. The molecule has 0 aliphatic carbocycles. The molecule has 5 N–H and O–H groups in total. The predicted molar refractivity (Wildman–Crippen MR) is 136 cm³/mol. The van der Waals surface area contributed by atoms with Gasteiger partial charge in [-0.2, -0.15) is 0 Å². The van der Waals surface area contributed by atoms with Gasteiger partial charge in [0, 0.05) is 34.7 Å². The first-order valence-electron chi connectivity index (χ1n) is 11.1. The Kier molecular flexibility index (Phi) is 9.39. The summed E-state index contributed by atoms with van der Waals surface area (Å²) in [5, 5.41) is 20.2. The van der Waals surface area contributed by atoms with E-state index in [0.717, 1.165) is 11.1 Å². The van der Waals surface area contributed by atoms with Gasteiger partial charge in [-0.15, -0.1) is 0 Å². The highest BCUT2D eigenvalue weighted by molar-refractivity contribution is 5.98. The van der Waals surface area contributed by atoms with E-state index in [1.165, 1.54) is 6.07 Å². The summed E-state index contributed by atoms with van der Waals surface area (Å²) in [6.45, 7) is 8.28. The van der Waals surface area contributed by atoms with Gasteiger partial charge in [-0.3, -0.25) is 10.2 Å². The van der Waals surface area contributed by atoms with Crippen LogP contribution in [0, 0.1) is 23.2 Å². The number of carboxylic acids is 1. The normalized spacial score (nSPS) is 12.2. The van der Waals surface area contributed by atoms with Crippen LogP contribution in [0.2, 0.25) is 0 Å². The van der Waals surface area contributed by atoms with Crippen LogP contribution in [0.25, 0.3) is 0 Å². The number of nitrogens with two attached hydrogens (primary N) is 1. The molecule has 0 aliphatic rings. The second-order valence-electron chi connectivity index (χ2n) is 8.32. The van der Waals surface area contributed by atoms with Gasteiger partial charge in [0.05, 0.1) is 5.56 Å². The number of carbonyl (C=O) groups excluding carboxylic acids is 1. The number of allylic oxidation sites excluding steroid dienone is 4. The molecule has 0 saturated heterocycles. The third-order valence-corrected chi connectivity index (χ3v) is 5.17. The van der Waals surface area contributed by atoms with E-state index in [0.29, 0.717) is 29.2 Å². The first kappa shape index (κ1) is 26.1. The molecule has 176 valence electrons. The average molecular weight is 458 g/mol. The quantitative estimate of drug-likeness (QED) is 0.199. The Morgan fingerprint density at radius 3 is 2.32 bits per heavy atom. The molecule has 0 aromatic heterocycles. The maximum Gasteiger partial charge on any atom is 0.336 e. The largest absolute Gasteiger partial charge is 0.478 e. The third-order valence-electron chi connectivity index (χ3n) is 5.17. The van der Waals surface area contributed by atoms with Gasteiger partial charge < -0.3 is 16.2 Å². The fourth-order valence-corrected chi connectivity index (χ4v) is 3.20. The number of amidine groups is 1. The third kappa shape index (κ3) is 7.21. The molecule has 1 atom stereocenters. The van der Waals surface area contributed by atoms with Crippen LogP contribution in [0.5, 0.6) is 0 Å². The first-order chi connectivity index (χ1) is 16.1. The van der Waals surface area contributed by atoms with Gasteiger partial charge in [0.1, 0.15) is 5.84 Å². The van der Waals surface area contributed by atoms with Crippen LogP contribution in [0.3, 0.4) is 0 Å². The summed E-state index contributed by atoms with van der Waals surface area (Å²) in [6.07, 6.45) is 5.58. The van der Waals surface area contributed by atoms with Gasteiger partial charge in [0.15, 0.2) is 0 Å². The second-order valence-corrected chi connectivity index (χ2v) is 8.32. The Morgan fingerprint density at radius 2 is 1.76 bits per heavy atom. The summed E-state index contributed by atoms with van der Waals surface area (Å²) < 4.78 is 0. The number of nitrogens with one attached hydrogen (secondary N) is 2. The molecule has 6 heteroatoms. The van der Waals surface area contributed by atoms with Gasteiger partial charge in [-0.1, -0.05) is 69.0 Å². The van der Waals surface area contributed by atoms with Gasteiger partial charge in [0.2, 0.25) is 0 Å². The number of carboxylic acid groups (broad SMARTS) is 1. The maximum atomic E-state index is 12.4. The average Bonchev–Trinajstić information content (AvgIpc) is 2.82. The van der Waals surface area contributed by atoms with Crippen molar-refractivity contribution in [2.75, 3.05) is 6.54 Å².